The quantitative estimate of drug-likeness (QED) is 0.642. The second-order valence-electron chi connectivity index (χ2n) is 4.18. The molecule has 1 amide bonds. The van der Waals surface area contributed by atoms with Gasteiger partial charge < -0.3 is 10.6 Å². The number of amides is 1. The van der Waals surface area contributed by atoms with Crippen molar-refractivity contribution in [2.75, 3.05) is 26.2 Å². The maximum Gasteiger partial charge on any atom is 0.234 e. The molecule has 0 aliphatic carbocycles. The van der Waals surface area contributed by atoms with Gasteiger partial charge in [0.25, 0.3) is 0 Å². The molecule has 1 fully saturated rings. The van der Waals surface area contributed by atoms with Crippen molar-refractivity contribution in [1.29, 1.82) is 0 Å². The molecule has 0 aromatic rings. The minimum atomic E-state index is 0.0795. The molecular weight excluding hydrogens is 190 g/mol. The molecule has 4 nitrogen and oxygen atoms in total. The highest BCUT2D eigenvalue weighted by Crippen LogP contribution is 2.05. The van der Waals surface area contributed by atoms with Crippen LogP contribution in [0.5, 0.6) is 0 Å². The van der Waals surface area contributed by atoms with Gasteiger partial charge in [0.15, 0.2) is 0 Å². The number of piperazine rings is 1. The Morgan fingerprint density at radius 1 is 1.67 bits per heavy atom. The van der Waals surface area contributed by atoms with Crippen LogP contribution in [0.4, 0.5) is 0 Å². The third kappa shape index (κ3) is 4.01. The fraction of sp³-hybridized carbons (Fsp3) is 0.727. The van der Waals surface area contributed by atoms with Crippen molar-refractivity contribution in [3.05, 3.63) is 12.7 Å². The van der Waals surface area contributed by atoms with Crippen molar-refractivity contribution >= 4 is 5.91 Å². The minimum absolute atomic E-state index is 0.0795. The van der Waals surface area contributed by atoms with E-state index in [1.807, 2.05) is 0 Å². The van der Waals surface area contributed by atoms with Gasteiger partial charge in [-0.25, -0.2) is 0 Å². The Kier molecular flexibility index (Phi) is 4.78. The monoisotopic (exact) mass is 211 g/mol. The topological polar surface area (TPSA) is 44.4 Å². The molecule has 0 spiro atoms. The van der Waals surface area contributed by atoms with Crippen molar-refractivity contribution in [2.45, 2.75) is 25.9 Å². The molecule has 2 atom stereocenters. The molecule has 1 rings (SSSR count). The van der Waals surface area contributed by atoms with Crippen LogP contribution >= 0.6 is 0 Å². The lowest BCUT2D eigenvalue weighted by Gasteiger charge is -2.36. The highest BCUT2D eigenvalue weighted by Gasteiger charge is 2.23. The second-order valence-corrected chi connectivity index (χ2v) is 4.18. The molecule has 2 N–H and O–H groups in total. The van der Waals surface area contributed by atoms with Crippen LogP contribution in [0.3, 0.4) is 0 Å². The van der Waals surface area contributed by atoms with E-state index < -0.39 is 0 Å². The van der Waals surface area contributed by atoms with Gasteiger partial charge in [-0.1, -0.05) is 6.08 Å². The van der Waals surface area contributed by atoms with Gasteiger partial charge in [0, 0.05) is 31.7 Å². The molecule has 2 unspecified atom stereocenters. The van der Waals surface area contributed by atoms with Gasteiger partial charge in [-0.3, -0.25) is 9.69 Å². The number of nitrogens with one attached hydrogen (secondary N) is 2. The number of hydrogen-bond acceptors (Lipinski definition) is 3. The molecule has 0 aromatic carbocycles. The molecule has 1 saturated heterocycles. The van der Waals surface area contributed by atoms with Crippen LogP contribution in [0.25, 0.3) is 0 Å². The van der Waals surface area contributed by atoms with Crippen LogP contribution < -0.4 is 10.6 Å². The Morgan fingerprint density at radius 2 is 2.40 bits per heavy atom. The Morgan fingerprint density at radius 3 is 3.07 bits per heavy atom. The zero-order valence-electron chi connectivity index (χ0n) is 9.62. The zero-order chi connectivity index (χ0) is 11.3. The van der Waals surface area contributed by atoms with Crippen molar-refractivity contribution in [3.63, 3.8) is 0 Å². The average Bonchev–Trinajstić information content (AvgIpc) is 2.20. The lowest BCUT2D eigenvalue weighted by molar-refractivity contribution is -0.122. The Labute approximate surface area is 91.7 Å². The van der Waals surface area contributed by atoms with Crippen molar-refractivity contribution in [3.8, 4) is 0 Å². The van der Waals surface area contributed by atoms with Gasteiger partial charge in [-0.2, -0.15) is 0 Å². The van der Waals surface area contributed by atoms with Gasteiger partial charge in [0.1, 0.15) is 0 Å². The first-order chi connectivity index (χ1) is 7.13. The van der Waals surface area contributed by atoms with E-state index in [2.05, 4.69) is 36.0 Å². The summed E-state index contributed by atoms with van der Waals surface area (Å²) < 4.78 is 0. The molecule has 1 aliphatic rings. The number of hydrogen-bond donors (Lipinski definition) is 2. The Bertz CT molecular complexity index is 230. The first kappa shape index (κ1) is 12.2. The summed E-state index contributed by atoms with van der Waals surface area (Å²) in [4.78, 5) is 13.7. The number of carbonyl (C=O) groups is 1. The molecular formula is C11H21N3O. The lowest BCUT2D eigenvalue weighted by atomic mass is 10.1. The van der Waals surface area contributed by atoms with Crippen molar-refractivity contribution in [2.24, 2.45) is 0 Å². The summed E-state index contributed by atoms with van der Waals surface area (Å²) >= 11 is 0. The van der Waals surface area contributed by atoms with E-state index >= 15 is 0 Å². The van der Waals surface area contributed by atoms with E-state index in [0.29, 0.717) is 25.2 Å². The third-order valence-electron chi connectivity index (χ3n) is 2.68. The minimum Gasteiger partial charge on any atom is -0.352 e. The molecule has 1 aliphatic heterocycles. The number of nitrogens with zero attached hydrogens (tertiary/aromatic N) is 1. The van der Waals surface area contributed by atoms with E-state index in [1.54, 1.807) is 6.08 Å². The van der Waals surface area contributed by atoms with Gasteiger partial charge in [0.05, 0.1) is 6.54 Å². The summed E-state index contributed by atoms with van der Waals surface area (Å²) in [6, 6.07) is 0.893. The highest BCUT2D eigenvalue weighted by molar-refractivity contribution is 5.78. The first-order valence-corrected chi connectivity index (χ1v) is 5.48. The van der Waals surface area contributed by atoms with Gasteiger partial charge in [-0.15, -0.1) is 6.58 Å². The normalized spacial score (nSPS) is 27.3. The first-order valence-electron chi connectivity index (χ1n) is 5.48. The Hall–Kier alpha value is -0.870. The van der Waals surface area contributed by atoms with Crippen LogP contribution in [0.2, 0.25) is 0 Å². The van der Waals surface area contributed by atoms with E-state index in [1.165, 1.54) is 0 Å². The highest BCUT2D eigenvalue weighted by atomic mass is 16.2. The largest absolute Gasteiger partial charge is 0.352 e. The fourth-order valence-electron chi connectivity index (χ4n) is 1.74. The summed E-state index contributed by atoms with van der Waals surface area (Å²) in [6.45, 7) is 10.8. The predicted molar refractivity (Wildman–Crippen MR) is 61.7 cm³/mol. The zero-order valence-corrected chi connectivity index (χ0v) is 9.62. The van der Waals surface area contributed by atoms with Gasteiger partial charge in [-0.05, 0) is 13.8 Å². The molecule has 1 heterocycles. The number of rotatable bonds is 4. The SMILES string of the molecule is C=CCNC(=O)CN1CC(C)NCC1C. The van der Waals surface area contributed by atoms with E-state index in [0.717, 1.165) is 13.1 Å². The van der Waals surface area contributed by atoms with Crippen LogP contribution in [-0.2, 0) is 4.79 Å². The summed E-state index contributed by atoms with van der Waals surface area (Å²) in [5, 5.41) is 6.18. The summed E-state index contributed by atoms with van der Waals surface area (Å²) in [6.07, 6.45) is 1.70. The van der Waals surface area contributed by atoms with Gasteiger partial charge >= 0.3 is 0 Å². The van der Waals surface area contributed by atoms with E-state index in [-0.39, 0.29) is 5.91 Å². The second kappa shape index (κ2) is 5.88. The molecule has 4 heteroatoms. The number of carbonyl (C=O) groups excluding carboxylic acids is 1. The molecule has 0 saturated carbocycles. The summed E-state index contributed by atoms with van der Waals surface area (Å²) in [7, 11) is 0. The smallest absolute Gasteiger partial charge is 0.234 e. The summed E-state index contributed by atoms with van der Waals surface area (Å²) in [5.74, 6) is 0.0795. The molecule has 0 aromatic heterocycles. The lowest BCUT2D eigenvalue weighted by Crippen LogP contribution is -2.56. The third-order valence-corrected chi connectivity index (χ3v) is 2.68. The van der Waals surface area contributed by atoms with Gasteiger partial charge in [0.2, 0.25) is 5.91 Å². The average molecular weight is 211 g/mol. The van der Waals surface area contributed by atoms with Crippen molar-refractivity contribution in [1.82, 2.24) is 15.5 Å². The van der Waals surface area contributed by atoms with E-state index in [9.17, 15) is 4.79 Å². The fourth-order valence-corrected chi connectivity index (χ4v) is 1.74. The molecule has 0 radical (unpaired) electrons. The molecule has 15 heavy (non-hydrogen) atoms. The maximum absolute atomic E-state index is 11.5. The van der Waals surface area contributed by atoms with E-state index in [4.69, 9.17) is 0 Å². The summed E-state index contributed by atoms with van der Waals surface area (Å²) in [5.41, 5.74) is 0. The van der Waals surface area contributed by atoms with Crippen LogP contribution in [0.15, 0.2) is 12.7 Å². The van der Waals surface area contributed by atoms with Crippen LogP contribution in [0.1, 0.15) is 13.8 Å². The van der Waals surface area contributed by atoms with Crippen LogP contribution in [-0.4, -0.2) is 49.1 Å². The standard InChI is InChI=1S/C11H21N3O/c1-4-5-12-11(15)8-14-7-9(2)13-6-10(14)3/h4,9-10,13H,1,5-8H2,2-3H3,(H,12,15). The predicted octanol–water partition coefficient (Wildman–Crippen LogP) is -0.0292. The Balaban J connectivity index is 2.34. The van der Waals surface area contributed by atoms with Crippen LogP contribution in [0, 0.1) is 0 Å². The molecule has 86 valence electrons. The van der Waals surface area contributed by atoms with Crippen molar-refractivity contribution < 1.29 is 4.79 Å². The maximum atomic E-state index is 11.5. The molecule has 0 bridgehead atoms.